The number of aryl methyl sites for hydroxylation is 1. The first-order valence-electron chi connectivity index (χ1n) is 16.6. The monoisotopic (exact) mass is 652 g/mol. The van der Waals surface area contributed by atoms with Crippen molar-refractivity contribution in [1.29, 1.82) is 10.8 Å². The van der Waals surface area contributed by atoms with E-state index in [2.05, 4.69) is 148 Å². The van der Waals surface area contributed by atoms with Gasteiger partial charge in [-0.2, -0.15) is 0 Å². The van der Waals surface area contributed by atoms with Crippen LogP contribution in [0.5, 0.6) is 0 Å². The lowest BCUT2D eigenvalue weighted by atomic mass is 9.94. The van der Waals surface area contributed by atoms with Gasteiger partial charge in [-0.1, -0.05) is 152 Å². The van der Waals surface area contributed by atoms with E-state index in [-0.39, 0.29) is 0 Å². The van der Waals surface area contributed by atoms with Gasteiger partial charge in [-0.15, -0.1) is 11.3 Å². The smallest absolute Gasteiger partial charge is 0.0684 e. The molecule has 0 saturated carbocycles. The van der Waals surface area contributed by atoms with Gasteiger partial charge in [0.15, 0.2) is 0 Å². The molecule has 0 bridgehead atoms. The summed E-state index contributed by atoms with van der Waals surface area (Å²) in [5.74, 6) is 0.698. The molecule has 2 nitrogen and oxygen atoms in total. The number of allylic oxidation sites excluding steroid dienone is 4. The minimum Gasteiger partial charge on any atom is -0.317 e. The molecule has 3 heteroatoms. The fraction of sp³-hybridized carbons (Fsp3) is 0.0870. The molecule has 1 heterocycles. The highest BCUT2D eigenvalue weighted by Crippen LogP contribution is 2.40. The van der Waals surface area contributed by atoms with Gasteiger partial charge in [-0.3, -0.25) is 5.41 Å². The van der Waals surface area contributed by atoms with Crippen LogP contribution in [0.1, 0.15) is 35.6 Å². The summed E-state index contributed by atoms with van der Waals surface area (Å²) in [6.45, 7) is 6.87. The van der Waals surface area contributed by atoms with E-state index in [9.17, 15) is 0 Å². The second-order valence-corrected chi connectivity index (χ2v) is 13.4. The van der Waals surface area contributed by atoms with E-state index in [1.807, 2.05) is 47.7 Å². The van der Waals surface area contributed by atoms with Gasteiger partial charge in [0.25, 0.3) is 0 Å². The third-order valence-electron chi connectivity index (χ3n) is 8.82. The Morgan fingerprint density at radius 3 is 1.96 bits per heavy atom. The lowest BCUT2D eigenvalue weighted by Gasteiger charge is -2.11. The fourth-order valence-corrected chi connectivity index (χ4v) is 7.33. The molecule has 1 unspecified atom stereocenters. The van der Waals surface area contributed by atoms with Crippen LogP contribution in [0.25, 0.3) is 48.0 Å². The molecule has 1 aromatic heterocycles. The Kier molecular flexibility index (Phi) is 10.5. The van der Waals surface area contributed by atoms with Crippen molar-refractivity contribution in [3.8, 4) is 22.3 Å². The molecule has 240 valence electrons. The molecule has 6 aromatic carbocycles. The fourth-order valence-electron chi connectivity index (χ4n) is 6.20. The number of nitrogens with one attached hydrogen (secondary N) is 2. The molecule has 49 heavy (non-hydrogen) atoms. The molecule has 8 rings (SSSR count). The first-order chi connectivity index (χ1) is 24.0. The molecule has 1 aliphatic rings. The summed E-state index contributed by atoms with van der Waals surface area (Å²) in [5.41, 5.74) is 11.1. The Morgan fingerprint density at radius 2 is 1.24 bits per heavy atom. The third kappa shape index (κ3) is 7.59. The number of thiophene rings is 1. The van der Waals surface area contributed by atoms with Crippen LogP contribution >= 0.6 is 11.3 Å². The maximum atomic E-state index is 8.96. The van der Waals surface area contributed by atoms with Crippen LogP contribution in [0.4, 0.5) is 0 Å². The first-order valence-corrected chi connectivity index (χ1v) is 17.4. The highest BCUT2D eigenvalue weighted by Gasteiger charge is 2.13. The number of hydrogen-bond donors (Lipinski definition) is 2. The number of fused-ring (bicyclic) bond motifs is 3. The lowest BCUT2D eigenvalue weighted by Crippen LogP contribution is -2.01. The Balaban J connectivity index is 0.000000218. The average molecular weight is 653 g/mol. The van der Waals surface area contributed by atoms with Crippen molar-refractivity contribution in [3.05, 3.63) is 186 Å². The van der Waals surface area contributed by atoms with Gasteiger partial charge in [0.2, 0.25) is 0 Å². The zero-order valence-corrected chi connectivity index (χ0v) is 28.8. The van der Waals surface area contributed by atoms with Crippen LogP contribution in [0.15, 0.2) is 164 Å². The second kappa shape index (κ2) is 15.5. The summed E-state index contributed by atoms with van der Waals surface area (Å²) < 4.78 is 2.60. The summed E-state index contributed by atoms with van der Waals surface area (Å²) in [7, 11) is 0. The highest BCUT2D eigenvalue weighted by atomic mass is 32.1. The van der Waals surface area contributed by atoms with E-state index in [1.165, 1.54) is 48.9 Å². The van der Waals surface area contributed by atoms with E-state index in [0.29, 0.717) is 11.6 Å². The number of rotatable bonds is 5. The van der Waals surface area contributed by atoms with E-state index in [4.69, 9.17) is 10.8 Å². The average Bonchev–Trinajstić information content (AvgIpc) is 3.56. The van der Waals surface area contributed by atoms with Crippen LogP contribution in [0, 0.1) is 23.7 Å². The third-order valence-corrected chi connectivity index (χ3v) is 9.96. The Morgan fingerprint density at radius 1 is 0.633 bits per heavy atom. The summed E-state index contributed by atoms with van der Waals surface area (Å²) in [6.07, 6.45) is 8.02. The highest BCUT2D eigenvalue weighted by molar-refractivity contribution is 7.25. The SMILES string of the molecule is C=N.Cc1ccc(C2=CCC(C)C=C2)cc1.N=C(c1cccc(-c2ccccc2)c1)c1cccc(-c2cccc3sc4ccccc4c23)c1. The Hall–Kier alpha value is -5.64. The minimum absolute atomic E-state index is 0.539. The molecule has 1 aliphatic carbocycles. The van der Waals surface area contributed by atoms with Gasteiger partial charge in [-0.25, -0.2) is 0 Å². The maximum Gasteiger partial charge on any atom is 0.0684 e. The predicted molar refractivity (Wildman–Crippen MR) is 214 cm³/mol. The molecule has 0 amide bonds. The van der Waals surface area contributed by atoms with Crippen LogP contribution in [-0.4, -0.2) is 12.4 Å². The van der Waals surface area contributed by atoms with Crippen molar-refractivity contribution in [2.45, 2.75) is 20.3 Å². The molecule has 0 aliphatic heterocycles. The molecular weight excluding hydrogens is 613 g/mol. The van der Waals surface area contributed by atoms with Crippen molar-refractivity contribution in [3.63, 3.8) is 0 Å². The zero-order valence-electron chi connectivity index (χ0n) is 28.0. The lowest BCUT2D eigenvalue weighted by molar-refractivity contribution is 0.739. The number of hydrogen-bond acceptors (Lipinski definition) is 3. The van der Waals surface area contributed by atoms with E-state index < -0.39 is 0 Å². The molecule has 0 radical (unpaired) electrons. The van der Waals surface area contributed by atoms with Crippen molar-refractivity contribution in [2.24, 2.45) is 5.92 Å². The quantitative estimate of drug-likeness (QED) is 0.174. The Bertz CT molecular complexity index is 2270. The molecule has 2 N–H and O–H groups in total. The van der Waals surface area contributed by atoms with Gasteiger partial charge < -0.3 is 5.41 Å². The normalized spacial score (nSPS) is 13.5. The first kappa shape index (κ1) is 33.3. The van der Waals surface area contributed by atoms with E-state index in [0.717, 1.165) is 27.8 Å². The molecule has 1 atom stereocenters. The zero-order chi connectivity index (χ0) is 34.2. The summed E-state index contributed by atoms with van der Waals surface area (Å²) in [6, 6.07) is 50.9. The van der Waals surface area contributed by atoms with Gasteiger partial charge >= 0.3 is 0 Å². The van der Waals surface area contributed by atoms with Crippen molar-refractivity contribution in [1.82, 2.24) is 0 Å². The van der Waals surface area contributed by atoms with Crippen LogP contribution in [-0.2, 0) is 0 Å². The predicted octanol–water partition coefficient (Wildman–Crippen LogP) is 13.0. The second-order valence-electron chi connectivity index (χ2n) is 12.3. The maximum absolute atomic E-state index is 8.96. The summed E-state index contributed by atoms with van der Waals surface area (Å²) >= 11 is 1.84. The number of benzene rings is 6. The van der Waals surface area contributed by atoms with Gasteiger partial charge in [0.05, 0.1) is 5.71 Å². The van der Waals surface area contributed by atoms with Crippen molar-refractivity contribution in [2.75, 3.05) is 0 Å². The topological polar surface area (TPSA) is 47.7 Å². The van der Waals surface area contributed by atoms with Gasteiger partial charge in [-0.05, 0) is 83.6 Å². The van der Waals surface area contributed by atoms with Crippen molar-refractivity contribution < 1.29 is 0 Å². The largest absolute Gasteiger partial charge is 0.317 e. The van der Waals surface area contributed by atoms with Crippen LogP contribution in [0.2, 0.25) is 0 Å². The van der Waals surface area contributed by atoms with Gasteiger partial charge in [0.1, 0.15) is 0 Å². The molecular formula is C46H40N2S. The standard InChI is InChI=1S/C31H21NS.C14H16.CH3N/c32-31(24-13-6-11-22(19-24)21-9-2-1-3-10-21)25-14-7-12-23(20-25)26-16-8-18-29-30(26)27-15-4-5-17-28(27)33-29;1-11-3-7-13(8-4-11)14-9-5-12(2)6-10-14;1-2/h1-20,32H;3-5,7-10,12H,6H2,1-2H3;2H,1H2. The molecule has 7 aromatic rings. The minimum atomic E-state index is 0.539. The van der Waals surface area contributed by atoms with E-state index >= 15 is 0 Å². The molecule has 0 fully saturated rings. The van der Waals surface area contributed by atoms with Crippen molar-refractivity contribution >= 4 is 49.5 Å². The molecule has 0 spiro atoms. The van der Waals surface area contributed by atoms with Gasteiger partial charge in [0, 0.05) is 31.3 Å². The summed E-state index contributed by atoms with van der Waals surface area (Å²) in [5, 5.41) is 17.0. The van der Waals surface area contributed by atoms with E-state index in [1.54, 1.807) is 0 Å². The summed E-state index contributed by atoms with van der Waals surface area (Å²) in [4.78, 5) is 0. The molecule has 0 saturated heterocycles. The van der Waals surface area contributed by atoms with Crippen LogP contribution in [0.3, 0.4) is 0 Å². The Labute approximate surface area is 293 Å². The van der Waals surface area contributed by atoms with Crippen LogP contribution < -0.4 is 0 Å².